The number of hydrogen-bond acceptors (Lipinski definition) is 2. The first-order valence-electron chi connectivity index (χ1n) is 7.17. The molecule has 1 fully saturated rings. The molecule has 19 heavy (non-hydrogen) atoms. The molecule has 1 aromatic rings. The molecule has 0 aromatic heterocycles. The van der Waals surface area contributed by atoms with Crippen LogP contribution >= 0.6 is 0 Å². The van der Waals surface area contributed by atoms with Crippen LogP contribution in [0, 0.1) is 29.1 Å². The minimum Gasteiger partial charge on any atom is -0.310 e. The second-order valence-corrected chi connectivity index (χ2v) is 5.92. The Morgan fingerprint density at radius 2 is 2.05 bits per heavy atom. The summed E-state index contributed by atoms with van der Waals surface area (Å²) in [5, 5.41) is 12.4. The van der Waals surface area contributed by atoms with Crippen molar-refractivity contribution in [2.24, 2.45) is 17.8 Å². The molecule has 0 saturated heterocycles. The van der Waals surface area contributed by atoms with E-state index in [4.69, 9.17) is 5.26 Å². The van der Waals surface area contributed by atoms with Crippen LogP contribution in [0.15, 0.2) is 36.4 Å². The van der Waals surface area contributed by atoms with Crippen LogP contribution in [0.3, 0.4) is 0 Å². The lowest BCUT2D eigenvalue weighted by Crippen LogP contribution is -2.35. The van der Waals surface area contributed by atoms with Gasteiger partial charge in [0.15, 0.2) is 0 Å². The standard InChI is InChI=1S/C17H20N2/c1-12(17-9-15-6-7-16(17)8-15)19-11-14-4-2-13(10-18)3-5-14/h2-7,12,15-17,19H,8-9,11H2,1H3. The number of benzene rings is 1. The molecule has 0 radical (unpaired) electrons. The van der Waals surface area contributed by atoms with Gasteiger partial charge in [-0.15, -0.1) is 0 Å². The molecule has 0 aliphatic heterocycles. The van der Waals surface area contributed by atoms with Gasteiger partial charge in [-0.2, -0.15) is 5.26 Å². The Kier molecular flexibility index (Phi) is 3.40. The fourth-order valence-corrected chi connectivity index (χ4v) is 3.53. The molecule has 1 aromatic carbocycles. The number of allylic oxidation sites excluding steroid dienone is 2. The zero-order valence-corrected chi connectivity index (χ0v) is 11.3. The van der Waals surface area contributed by atoms with Gasteiger partial charge in [-0.3, -0.25) is 0 Å². The molecule has 0 heterocycles. The number of nitriles is 1. The fraction of sp³-hybridized carbons (Fsp3) is 0.471. The van der Waals surface area contributed by atoms with Crippen molar-refractivity contribution < 1.29 is 0 Å². The van der Waals surface area contributed by atoms with E-state index in [1.807, 2.05) is 24.3 Å². The summed E-state index contributed by atoms with van der Waals surface area (Å²) < 4.78 is 0. The summed E-state index contributed by atoms with van der Waals surface area (Å²) in [5.74, 6) is 2.44. The van der Waals surface area contributed by atoms with Crippen molar-refractivity contribution in [1.29, 1.82) is 5.26 Å². The minimum absolute atomic E-state index is 0.565. The third-order valence-electron chi connectivity index (χ3n) is 4.68. The normalized spacial score (nSPS) is 29.4. The van der Waals surface area contributed by atoms with E-state index in [1.54, 1.807) is 0 Å². The van der Waals surface area contributed by atoms with Crippen LogP contribution < -0.4 is 5.32 Å². The summed E-state index contributed by atoms with van der Waals surface area (Å²) in [4.78, 5) is 0. The van der Waals surface area contributed by atoms with Gasteiger partial charge in [0.2, 0.25) is 0 Å². The van der Waals surface area contributed by atoms with Crippen molar-refractivity contribution in [3.8, 4) is 6.07 Å². The Morgan fingerprint density at radius 1 is 1.26 bits per heavy atom. The highest BCUT2D eigenvalue weighted by atomic mass is 14.9. The number of fused-ring (bicyclic) bond motifs is 2. The molecule has 2 aliphatic rings. The van der Waals surface area contributed by atoms with E-state index >= 15 is 0 Å². The molecule has 2 aliphatic carbocycles. The van der Waals surface area contributed by atoms with Crippen molar-refractivity contribution in [2.75, 3.05) is 0 Å². The molecule has 1 saturated carbocycles. The molecule has 4 atom stereocenters. The van der Waals surface area contributed by atoms with E-state index in [-0.39, 0.29) is 0 Å². The third kappa shape index (κ3) is 2.57. The molecule has 2 bridgehead atoms. The van der Waals surface area contributed by atoms with Crippen LogP contribution in [-0.4, -0.2) is 6.04 Å². The zero-order valence-electron chi connectivity index (χ0n) is 11.3. The van der Waals surface area contributed by atoms with Crippen LogP contribution in [0.2, 0.25) is 0 Å². The Balaban J connectivity index is 1.54. The predicted octanol–water partition coefficient (Wildman–Crippen LogP) is 3.25. The van der Waals surface area contributed by atoms with E-state index in [0.29, 0.717) is 6.04 Å². The van der Waals surface area contributed by atoms with Gasteiger partial charge in [-0.05, 0) is 55.2 Å². The maximum Gasteiger partial charge on any atom is 0.0991 e. The second-order valence-electron chi connectivity index (χ2n) is 5.92. The van der Waals surface area contributed by atoms with Crippen LogP contribution in [-0.2, 0) is 6.54 Å². The lowest BCUT2D eigenvalue weighted by molar-refractivity contribution is 0.326. The summed E-state index contributed by atoms with van der Waals surface area (Å²) in [6, 6.07) is 10.6. The molecular weight excluding hydrogens is 232 g/mol. The monoisotopic (exact) mass is 252 g/mol. The molecular formula is C17H20N2. The van der Waals surface area contributed by atoms with Gasteiger partial charge in [0.25, 0.3) is 0 Å². The first-order valence-corrected chi connectivity index (χ1v) is 7.17. The van der Waals surface area contributed by atoms with Crippen LogP contribution in [0.4, 0.5) is 0 Å². The first kappa shape index (κ1) is 12.4. The Morgan fingerprint density at radius 3 is 2.63 bits per heavy atom. The lowest BCUT2D eigenvalue weighted by atomic mass is 9.87. The number of nitrogens with zero attached hydrogens (tertiary/aromatic N) is 1. The zero-order chi connectivity index (χ0) is 13.2. The maximum atomic E-state index is 8.78. The van der Waals surface area contributed by atoms with Crippen LogP contribution in [0.1, 0.15) is 30.9 Å². The van der Waals surface area contributed by atoms with Gasteiger partial charge < -0.3 is 5.32 Å². The SMILES string of the molecule is CC(NCc1ccc(C#N)cc1)C1CC2C=CC1C2. The third-order valence-corrected chi connectivity index (χ3v) is 4.68. The van der Waals surface area contributed by atoms with Gasteiger partial charge in [-0.25, -0.2) is 0 Å². The van der Waals surface area contributed by atoms with Gasteiger partial charge in [0.1, 0.15) is 0 Å². The van der Waals surface area contributed by atoms with Crippen molar-refractivity contribution in [3.05, 3.63) is 47.5 Å². The van der Waals surface area contributed by atoms with E-state index < -0.39 is 0 Å². The number of rotatable bonds is 4. The van der Waals surface area contributed by atoms with Crippen molar-refractivity contribution in [2.45, 2.75) is 32.4 Å². The molecule has 2 heteroatoms. The molecule has 3 rings (SSSR count). The predicted molar refractivity (Wildman–Crippen MR) is 76.3 cm³/mol. The number of nitrogens with one attached hydrogen (secondary N) is 1. The lowest BCUT2D eigenvalue weighted by Gasteiger charge is -2.26. The van der Waals surface area contributed by atoms with Crippen LogP contribution in [0.5, 0.6) is 0 Å². The van der Waals surface area contributed by atoms with Crippen molar-refractivity contribution in [1.82, 2.24) is 5.32 Å². The largest absolute Gasteiger partial charge is 0.310 e. The van der Waals surface area contributed by atoms with Gasteiger partial charge in [0, 0.05) is 12.6 Å². The molecule has 1 N–H and O–H groups in total. The molecule has 0 spiro atoms. The fourth-order valence-electron chi connectivity index (χ4n) is 3.53. The summed E-state index contributed by atoms with van der Waals surface area (Å²) in [7, 11) is 0. The topological polar surface area (TPSA) is 35.8 Å². The highest BCUT2D eigenvalue weighted by Crippen LogP contribution is 2.44. The van der Waals surface area contributed by atoms with E-state index in [0.717, 1.165) is 29.9 Å². The smallest absolute Gasteiger partial charge is 0.0991 e. The number of hydrogen-bond donors (Lipinski definition) is 1. The molecule has 2 nitrogen and oxygen atoms in total. The summed E-state index contributed by atoms with van der Waals surface area (Å²) in [5.41, 5.74) is 1.99. The molecule has 0 amide bonds. The first-order chi connectivity index (χ1) is 9.26. The Bertz CT molecular complexity index is 509. The summed E-state index contributed by atoms with van der Waals surface area (Å²) in [6.07, 6.45) is 7.53. The van der Waals surface area contributed by atoms with Crippen LogP contribution in [0.25, 0.3) is 0 Å². The minimum atomic E-state index is 0.565. The maximum absolute atomic E-state index is 8.78. The van der Waals surface area contributed by atoms with Crippen molar-refractivity contribution >= 4 is 0 Å². The molecule has 4 unspecified atom stereocenters. The van der Waals surface area contributed by atoms with E-state index in [1.165, 1.54) is 18.4 Å². The average molecular weight is 252 g/mol. The van der Waals surface area contributed by atoms with Gasteiger partial charge >= 0.3 is 0 Å². The Labute approximate surface area is 115 Å². The molecule has 98 valence electrons. The quantitative estimate of drug-likeness (QED) is 0.835. The van der Waals surface area contributed by atoms with E-state index in [2.05, 4.69) is 30.5 Å². The van der Waals surface area contributed by atoms with Gasteiger partial charge in [-0.1, -0.05) is 24.3 Å². The summed E-state index contributed by atoms with van der Waals surface area (Å²) >= 11 is 0. The van der Waals surface area contributed by atoms with Crippen molar-refractivity contribution in [3.63, 3.8) is 0 Å². The highest BCUT2D eigenvalue weighted by Gasteiger charge is 2.38. The second kappa shape index (κ2) is 5.19. The Hall–Kier alpha value is -1.59. The van der Waals surface area contributed by atoms with E-state index in [9.17, 15) is 0 Å². The average Bonchev–Trinajstić information content (AvgIpc) is 3.08. The summed E-state index contributed by atoms with van der Waals surface area (Å²) in [6.45, 7) is 3.20. The highest BCUT2D eigenvalue weighted by molar-refractivity contribution is 5.31. The van der Waals surface area contributed by atoms with Gasteiger partial charge in [0.05, 0.1) is 11.6 Å².